The van der Waals surface area contributed by atoms with Gasteiger partial charge in [0.15, 0.2) is 11.6 Å². The Hall–Kier alpha value is -3.31. The second-order valence-electron chi connectivity index (χ2n) is 8.42. The summed E-state index contributed by atoms with van der Waals surface area (Å²) in [7, 11) is 1.62. The zero-order chi connectivity index (χ0) is 24.1. The molecule has 1 amide bonds. The van der Waals surface area contributed by atoms with Gasteiger partial charge in [-0.25, -0.2) is 9.37 Å². The predicted octanol–water partition coefficient (Wildman–Crippen LogP) is 2.63. The molecule has 10 nitrogen and oxygen atoms in total. The fourth-order valence-corrected chi connectivity index (χ4v) is 3.54. The number of pyridine rings is 2. The summed E-state index contributed by atoms with van der Waals surface area (Å²) in [6.45, 7) is 7.01. The molecule has 178 valence electrons. The highest BCUT2D eigenvalue weighted by atomic mass is 19.1. The summed E-state index contributed by atoms with van der Waals surface area (Å²) >= 11 is 0. The van der Waals surface area contributed by atoms with Gasteiger partial charge < -0.3 is 26.8 Å². The topological polar surface area (TPSA) is 146 Å². The lowest BCUT2D eigenvalue weighted by Gasteiger charge is -2.25. The van der Waals surface area contributed by atoms with E-state index in [2.05, 4.69) is 39.5 Å². The molecule has 0 aromatic carbocycles. The second kappa shape index (κ2) is 10.5. The van der Waals surface area contributed by atoms with E-state index >= 15 is 0 Å². The van der Waals surface area contributed by atoms with Crippen LogP contribution in [0.5, 0.6) is 0 Å². The van der Waals surface area contributed by atoms with Crippen LogP contribution in [0, 0.1) is 11.7 Å². The molecular formula is C22H31FN8O2. The molecule has 0 fully saturated rings. The van der Waals surface area contributed by atoms with Crippen molar-refractivity contribution in [2.24, 2.45) is 17.4 Å². The van der Waals surface area contributed by atoms with E-state index in [0.717, 1.165) is 23.4 Å². The molecule has 0 bridgehead atoms. The third-order valence-electron chi connectivity index (χ3n) is 5.25. The molecular weight excluding hydrogens is 427 g/mol. The Balaban J connectivity index is 1.99. The maximum Gasteiger partial charge on any atom is 0.252 e. The Morgan fingerprint density at radius 3 is 2.64 bits per heavy atom. The van der Waals surface area contributed by atoms with E-state index in [9.17, 15) is 9.18 Å². The third-order valence-corrected chi connectivity index (χ3v) is 5.25. The van der Waals surface area contributed by atoms with E-state index in [1.54, 1.807) is 30.4 Å². The van der Waals surface area contributed by atoms with Crippen molar-refractivity contribution in [2.75, 3.05) is 24.4 Å². The summed E-state index contributed by atoms with van der Waals surface area (Å²) in [6, 6.07) is 0.628. The smallest absolute Gasteiger partial charge is 0.252 e. The quantitative estimate of drug-likeness (QED) is 0.343. The number of nitrogens with zero attached hydrogens (tertiary/aromatic N) is 4. The lowest BCUT2D eigenvalue weighted by atomic mass is 9.99. The van der Waals surface area contributed by atoms with E-state index in [0.29, 0.717) is 24.8 Å². The van der Waals surface area contributed by atoms with Crippen molar-refractivity contribution >= 4 is 34.1 Å². The van der Waals surface area contributed by atoms with Crippen molar-refractivity contribution in [3.63, 3.8) is 0 Å². The number of ether oxygens (including phenoxy) is 1. The van der Waals surface area contributed by atoms with Crippen LogP contribution in [-0.2, 0) is 11.3 Å². The number of fused-ring (bicyclic) bond motifs is 1. The van der Waals surface area contributed by atoms with Gasteiger partial charge in [0.25, 0.3) is 5.91 Å². The van der Waals surface area contributed by atoms with Gasteiger partial charge in [0.05, 0.1) is 48.5 Å². The zero-order valence-electron chi connectivity index (χ0n) is 19.3. The standard InChI is InChI=1S/C22H31FN8O2/c1-12(2)7-17(13(3)24)28-22-16(23)8-14(20(25)32)21(30-22)29-18-10-26-11-19-15(18)9-27-31(19)5-6-33-4/h8-13,17H,5-7,24H2,1-4H3,(H2,25,32)(H2,28,29,30)/t13-,17+/m0/s1. The molecule has 0 aliphatic carbocycles. The molecule has 0 radical (unpaired) electrons. The highest BCUT2D eigenvalue weighted by Gasteiger charge is 2.22. The van der Waals surface area contributed by atoms with E-state index < -0.39 is 11.7 Å². The molecule has 3 aromatic rings. The van der Waals surface area contributed by atoms with Crippen LogP contribution in [0.25, 0.3) is 10.9 Å². The first-order valence-corrected chi connectivity index (χ1v) is 10.8. The molecule has 11 heteroatoms. The SMILES string of the molecule is COCCn1ncc2c(Nc3nc(N[C@H](CC(C)C)[C@H](C)N)c(F)cc3C(N)=O)cncc21. The predicted molar refractivity (Wildman–Crippen MR) is 126 cm³/mol. The number of carbonyl (C=O) groups is 1. The minimum absolute atomic E-state index is 0.0126. The van der Waals surface area contributed by atoms with Gasteiger partial charge in [-0.1, -0.05) is 13.8 Å². The van der Waals surface area contributed by atoms with Gasteiger partial charge in [-0.05, 0) is 25.3 Å². The first kappa shape index (κ1) is 24.3. The lowest BCUT2D eigenvalue weighted by molar-refractivity contribution is 0.100. The number of anilines is 3. The van der Waals surface area contributed by atoms with E-state index in [1.807, 2.05) is 6.92 Å². The fraction of sp³-hybridized carbons (Fsp3) is 0.455. The Kier molecular flexibility index (Phi) is 7.77. The van der Waals surface area contributed by atoms with Crippen LogP contribution in [0.15, 0.2) is 24.7 Å². The summed E-state index contributed by atoms with van der Waals surface area (Å²) in [5.74, 6) is -1.05. The lowest BCUT2D eigenvalue weighted by Crippen LogP contribution is -2.39. The number of nitrogens with two attached hydrogens (primary N) is 2. The molecule has 2 atom stereocenters. The van der Waals surface area contributed by atoms with Gasteiger partial charge in [0.2, 0.25) is 0 Å². The summed E-state index contributed by atoms with van der Waals surface area (Å²) in [6.07, 6.45) is 5.67. The van der Waals surface area contributed by atoms with Crippen LogP contribution in [0.3, 0.4) is 0 Å². The summed E-state index contributed by atoms with van der Waals surface area (Å²) < 4.78 is 21.7. The van der Waals surface area contributed by atoms with Crippen molar-refractivity contribution in [1.29, 1.82) is 0 Å². The first-order valence-electron chi connectivity index (χ1n) is 10.8. The molecule has 3 aromatic heterocycles. The maximum atomic E-state index is 14.8. The zero-order valence-corrected chi connectivity index (χ0v) is 19.3. The fourth-order valence-electron chi connectivity index (χ4n) is 3.54. The number of primary amides is 1. The summed E-state index contributed by atoms with van der Waals surface area (Å²) in [5, 5.41) is 11.3. The maximum absolute atomic E-state index is 14.8. The van der Waals surface area contributed by atoms with Crippen molar-refractivity contribution in [2.45, 2.75) is 45.8 Å². The van der Waals surface area contributed by atoms with Gasteiger partial charge in [-0.2, -0.15) is 5.10 Å². The number of hydrogen-bond donors (Lipinski definition) is 4. The highest BCUT2D eigenvalue weighted by Crippen LogP contribution is 2.29. The second-order valence-corrected chi connectivity index (χ2v) is 8.42. The van der Waals surface area contributed by atoms with Gasteiger partial charge >= 0.3 is 0 Å². The molecule has 0 spiro atoms. The van der Waals surface area contributed by atoms with Crippen LogP contribution in [-0.4, -0.2) is 51.5 Å². The molecule has 0 aliphatic heterocycles. The highest BCUT2D eigenvalue weighted by molar-refractivity contribution is 6.00. The number of aromatic nitrogens is 4. The van der Waals surface area contributed by atoms with Gasteiger partial charge in [0, 0.05) is 24.6 Å². The molecule has 0 aliphatic rings. The number of rotatable bonds is 11. The van der Waals surface area contributed by atoms with Crippen molar-refractivity contribution in [3.05, 3.63) is 36.0 Å². The largest absolute Gasteiger partial charge is 0.383 e. The Morgan fingerprint density at radius 2 is 2.00 bits per heavy atom. The molecule has 6 N–H and O–H groups in total. The number of amides is 1. The number of hydrogen-bond acceptors (Lipinski definition) is 8. The Labute approximate surface area is 191 Å². The van der Waals surface area contributed by atoms with Crippen molar-refractivity contribution in [3.8, 4) is 0 Å². The molecule has 3 heterocycles. The van der Waals surface area contributed by atoms with Gasteiger partial charge in [-0.3, -0.25) is 14.5 Å². The molecule has 0 saturated heterocycles. The van der Waals surface area contributed by atoms with E-state index in [-0.39, 0.29) is 29.3 Å². The minimum Gasteiger partial charge on any atom is -0.383 e. The van der Waals surface area contributed by atoms with Crippen LogP contribution in [0.4, 0.5) is 21.7 Å². The number of carbonyl (C=O) groups excluding carboxylic acids is 1. The number of methoxy groups -OCH3 is 1. The van der Waals surface area contributed by atoms with E-state index in [4.69, 9.17) is 16.2 Å². The normalized spacial score (nSPS) is 13.3. The molecule has 0 saturated carbocycles. The number of nitrogens with one attached hydrogen (secondary N) is 2. The minimum atomic E-state index is -0.808. The summed E-state index contributed by atoms with van der Waals surface area (Å²) in [4.78, 5) is 20.6. The average Bonchev–Trinajstić information content (AvgIpc) is 3.17. The number of halogens is 1. The van der Waals surface area contributed by atoms with Crippen molar-refractivity contribution < 1.29 is 13.9 Å². The van der Waals surface area contributed by atoms with Crippen LogP contribution < -0.4 is 22.1 Å². The first-order chi connectivity index (χ1) is 15.7. The monoisotopic (exact) mass is 458 g/mol. The molecule has 33 heavy (non-hydrogen) atoms. The van der Waals surface area contributed by atoms with Crippen molar-refractivity contribution in [1.82, 2.24) is 19.7 Å². The van der Waals surface area contributed by atoms with Crippen LogP contribution >= 0.6 is 0 Å². The molecule has 3 rings (SSSR count). The Morgan fingerprint density at radius 1 is 1.24 bits per heavy atom. The van der Waals surface area contributed by atoms with Crippen LogP contribution in [0.1, 0.15) is 37.6 Å². The average molecular weight is 459 g/mol. The third kappa shape index (κ3) is 5.74. The molecule has 0 unspecified atom stereocenters. The van der Waals surface area contributed by atoms with Gasteiger partial charge in [0.1, 0.15) is 5.82 Å². The Bertz CT molecular complexity index is 1120. The summed E-state index contributed by atoms with van der Waals surface area (Å²) in [5.41, 5.74) is 12.8. The van der Waals surface area contributed by atoms with E-state index in [1.165, 1.54) is 0 Å². The van der Waals surface area contributed by atoms with Gasteiger partial charge in [-0.15, -0.1) is 0 Å². The van der Waals surface area contributed by atoms with Crippen LogP contribution in [0.2, 0.25) is 0 Å².